The zero-order valence-corrected chi connectivity index (χ0v) is 15.4. The monoisotopic (exact) mass is 316 g/mol. The van der Waals surface area contributed by atoms with Crippen molar-refractivity contribution in [3.63, 3.8) is 0 Å². The minimum atomic E-state index is 0.0985. The van der Waals surface area contributed by atoms with E-state index in [0.29, 0.717) is 5.41 Å². The van der Waals surface area contributed by atoms with E-state index in [0.717, 1.165) is 5.57 Å². The predicted octanol–water partition coefficient (Wildman–Crippen LogP) is 5.33. The van der Waals surface area contributed by atoms with Crippen LogP contribution in [0.4, 0.5) is 0 Å². The van der Waals surface area contributed by atoms with Crippen LogP contribution in [0.1, 0.15) is 53.9 Å². The van der Waals surface area contributed by atoms with Gasteiger partial charge in [0.1, 0.15) is 6.79 Å². The number of aliphatic hydroxyl groups excluding tert-OH is 1. The van der Waals surface area contributed by atoms with Crippen molar-refractivity contribution < 1.29 is 9.90 Å². The van der Waals surface area contributed by atoms with Crippen LogP contribution < -0.4 is 0 Å². The third kappa shape index (κ3) is 7.94. The van der Waals surface area contributed by atoms with Gasteiger partial charge in [-0.2, -0.15) is 0 Å². The van der Waals surface area contributed by atoms with Crippen LogP contribution >= 0.6 is 0 Å². The highest BCUT2D eigenvalue weighted by Gasteiger charge is 2.26. The van der Waals surface area contributed by atoms with Crippen LogP contribution in [0.25, 0.3) is 0 Å². The number of allylic oxidation sites excluding steroid dienone is 9. The lowest BCUT2D eigenvalue weighted by Gasteiger charge is -2.32. The molecule has 0 amide bonds. The zero-order chi connectivity index (χ0) is 17.9. The average Bonchev–Trinajstić information content (AvgIpc) is 2.48. The molecule has 0 saturated heterocycles. The molecule has 1 N–H and O–H groups in total. The second kappa shape index (κ2) is 11.0. The van der Waals surface area contributed by atoms with Crippen molar-refractivity contribution in [3.8, 4) is 0 Å². The summed E-state index contributed by atoms with van der Waals surface area (Å²) in [5, 5.41) is 8.81. The molecule has 0 aromatic rings. The number of hydrogen-bond donors (Lipinski definition) is 1. The number of hydrogen-bond acceptors (Lipinski definition) is 2. The molecule has 2 nitrogen and oxygen atoms in total. The Bertz CT molecular complexity index is 514. The van der Waals surface area contributed by atoms with Crippen molar-refractivity contribution in [1.82, 2.24) is 0 Å². The van der Waals surface area contributed by atoms with E-state index in [9.17, 15) is 0 Å². The molecule has 0 radical (unpaired) electrons. The standard InChI is InChI=1S/C20H30O.CH2O/c1-16(8-6-9-17(2)13-15-21)11-12-19-18(3)10-7-14-20(19,4)5;1-2/h6,8-9,11-13,21H,7,10,14-15H2,1-5H3;1H2/b9-6+,12-11+,16-8+,17-13+;. The van der Waals surface area contributed by atoms with Gasteiger partial charge in [0.15, 0.2) is 0 Å². The Morgan fingerprint density at radius 2 is 1.87 bits per heavy atom. The molecule has 0 aromatic carbocycles. The number of aliphatic hydroxyl groups is 1. The lowest BCUT2D eigenvalue weighted by Crippen LogP contribution is -2.19. The van der Waals surface area contributed by atoms with Crippen molar-refractivity contribution in [2.45, 2.75) is 53.9 Å². The Morgan fingerprint density at radius 3 is 2.43 bits per heavy atom. The lowest BCUT2D eigenvalue weighted by atomic mass is 9.72. The van der Waals surface area contributed by atoms with Gasteiger partial charge in [-0.25, -0.2) is 0 Å². The molecule has 1 aliphatic rings. The molecular formula is C21H32O2. The Morgan fingerprint density at radius 1 is 1.22 bits per heavy atom. The Kier molecular flexibility index (Phi) is 10.2. The topological polar surface area (TPSA) is 37.3 Å². The number of rotatable bonds is 5. The zero-order valence-electron chi connectivity index (χ0n) is 15.4. The van der Waals surface area contributed by atoms with Crippen LogP contribution in [0.5, 0.6) is 0 Å². The lowest BCUT2D eigenvalue weighted by molar-refractivity contribution is -0.0979. The SMILES string of the molecule is C=O.CC1=C(/C=C/C(C)=C/C=C/C(C)=C/CO)C(C)(C)CCC1. The second-order valence-electron chi connectivity index (χ2n) is 6.67. The molecule has 0 atom stereocenters. The molecule has 0 saturated carbocycles. The van der Waals surface area contributed by atoms with Gasteiger partial charge in [0.25, 0.3) is 0 Å². The second-order valence-corrected chi connectivity index (χ2v) is 6.67. The molecule has 23 heavy (non-hydrogen) atoms. The van der Waals surface area contributed by atoms with Crippen LogP contribution in [0.15, 0.2) is 58.7 Å². The summed E-state index contributed by atoms with van der Waals surface area (Å²) in [6.07, 6.45) is 16.3. The van der Waals surface area contributed by atoms with Crippen LogP contribution in [0.3, 0.4) is 0 Å². The van der Waals surface area contributed by atoms with Crippen molar-refractivity contribution in [3.05, 3.63) is 58.7 Å². The predicted molar refractivity (Wildman–Crippen MR) is 100 cm³/mol. The quantitative estimate of drug-likeness (QED) is 0.696. The van der Waals surface area contributed by atoms with Gasteiger partial charge in [0.2, 0.25) is 0 Å². The van der Waals surface area contributed by atoms with Gasteiger partial charge >= 0.3 is 0 Å². The molecule has 0 bridgehead atoms. The van der Waals surface area contributed by atoms with Crippen molar-refractivity contribution in [2.24, 2.45) is 5.41 Å². The Hall–Kier alpha value is -1.67. The molecule has 0 heterocycles. The van der Waals surface area contributed by atoms with Crippen molar-refractivity contribution >= 4 is 6.79 Å². The molecular weight excluding hydrogens is 284 g/mol. The van der Waals surface area contributed by atoms with E-state index in [1.54, 1.807) is 6.08 Å². The van der Waals surface area contributed by atoms with E-state index >= 15 is 0 Å². The highest BCUT2D eigenvalue weighted by molar-refractivity contribution is 5.37. The van der Waals surface area contributed by atoms with Crippen LogP contribution in [-0.2, 0) is 4.79 Å². The first-order valence-corrected chi connectivity index (χ1v) is 8.16. The minimum absolute atomic E-state index is 0.0985. The highest BCUT2D eigenvalue weighted by Crippen LogP contribution is 2.40. The summed E-state index contributed by atoms with van der Waals surface area (Å²) in [7, 11) is 0. The third-order valence-corrected chi connectivity index (χ3v) is 4.19. The molecule has 0 fully saturated rings. The fraction of sp³-hybridized carbons (Fsp3) is 0.476. The third-order valence-electron chi connectivity index (χ3n) is 4.19. The molecule has 0 unspecified atom stereocenters. The molecule has 0 spiro atoms. The maximum Gasteiger partial charge on any atom is 0.106 e. The Labute approximate surface area is 142 Å². The van der Waals surface area contributed by atoms with Crippen molar-refractivity contribution in [1.29, 1.82) is 0 Å². The van der Waals surface area contributed by atoms with Gasteiger partial charge in [-0.05, 0) is 51.0 Å². The van der Waals surface area contributed by atoms with Gasteiger partial charge in [-0.3, -0.25) is 0 Å². The van der Waals surface area contributed by atoms with E-state index in [4.69, 9.17) is 9.90 Å². The molecule has 0 aliphatic heterocycles. The van der Waals surface area contributed by atoms with E-state index in [-0.39, 0.29) is 6.61 Å². The van der Waals surface area contributed by atoms with Gasteiger partial charge in [-0.1, -0.05) is 67.0 Å². The molecule has 128 valence electrons. The summed E-state index contributed by atoms with van der Waals surface area (Å²) in [4.78, 5) is 8.00. The molecule has 1 aliphatic carbocycles. The summed E-state index contributed by atoms with van der Waals surface area (Å²) in [5.74, 6) is 0. The van der Waals surface area contributed by atoms with E-state index in [2.05, 4.69) is 45.9 Å². The maximum absolute atomic E-state index is 8.81. The summed E-state index contributed by atoms with van der Waals surface area (Å²) in [6.45, 7) is 13.2. The van der Waals surface area contributed by atoms with Gasteiger partial charge in [0.05, 0.1) is 6.61 Å². The van der Waals surface area contributed by atoms with E-state index < -0.39 is 0 Å². The number of carbonyl (C=O) groups is 1. The highest BCUT2D eigenvalue weighted by atomic mass is 16.2. The first-order valence-electron chi connectivity index (χ1n) is 8.16. The fourth-order valence-corrected chi connectivity index (χ4v) is 2.84. The largest absolute Gasteiger partial charge is 0.392 e. The van der Waals surface area contributed by atoms with Crippen LogP contribution in [0, 0.1) is 5.41 Å². The summed E-state index contributed by atoms with van der Waals surface area (Å²) >= 11 is 0. The van der Waals surface area contributed by atoms with E-state index in [1.807, 2.05) is 25.9 Å². The first-order chi connectivity index (χ1) is 10.9. The normalized spacial score (nSPS) is 19.2. The molecule has 0 aromatic heterocycles. The maximum atomic E-state index is 8.81. The van der Waals surface area contributed by atoms with Crippen LogP contribution in [-0.4, -0.2) is 18.5 Å². The van der Waals surface area contributed by atoms with Gasteiger partial charge < -0.3 is 9.90 Å². The summed E-state index contributed by atoms with van der Waals surface area (Å²) < 4.78 is 0. The minimum Gasteiger partial charge on any atom is -0.392 e. The summed E-state index contributed by atoms with van der Waals surface area (Å²) in [5.41, 5.74) is 5.66. The van der Waals surface area contributed by atoms with E-state index in [1.165, 1.54) is 36.0 Å². The Balaban J connectivity index is 0.00000232. The molecule has 2 heteroatoms. The van der Waals surface area contributed by atoms with Gasteiger partial charge in [0, 0.05) is 0 Å². The van der Waals surface area contributed by atoms with Crippen molar-refractivity contribution in [2.75, 3.05) is 6.61 Å². The number of carbonyl (C=O) groups excluding carboxylic acids is 1. The smallest absolute Gasteiger partial charge is 0.106 e. The van der Waals surface area contributed by atoms with Gasteiger partial charge in [-0.15, -0.1) is 0 Å². The first kappa shape index (κ1) is 21.3. The molecule has 1 rings (SSSR count). The van der Waals surface area contributed by atoms with Crippen LogP contribution in [0.2, 0.25) is 0 Å². The summed E-state index contributed by atoms with van der Waals surface area (Å²) in [6, 6.07) is 0. The average molecular weight is 316 g/mol. The fourth-order valence-electron chi connectivity index (χ4n) is 2.84.